The van der Waals surface area contributed by atoms with Crippen LogP contribution in [0.4, 0.5) is 17.5 Å². The average molecular weight is 1360 g/mol. The molecule has 6 aromatic rings. The monoisotopic (exact) mass is 1360 g/mol. The van der Waals surface area contributed by atoms with Gasteiger partial charge >= 0.3 is 23.5 Å². The van der Waals surface area contributed by atoms with Crippen LogP contribution in [0.3, 0.4) is 0 Å². The van der Waals surface area contributed by atoms with Gasteiger partial charge in [-0.05, 0) is 0 Å². The van der Waals surface area contributed by atoms with Crippen molar-refractivity contribution in [1.82, 2.24) is 58.6 Å². The van der Waals surface area contributed by atoms with Gasteiger partial charge in [0, 0.05) is 26.7 Å². The maximum atomic E-state index is 14.7. The fourth-order valence-electron chi connectivity index (χ4n) is 9.55. The summed E-state index contributed by atoms with van der Waals surface area (Å²) < 4.78 is 150. The van der Waals surface area contributed by atoms with Crippen molar-refractivity contribution in [2.75, 3.05) is 137 Å². The third-order valence-corrected chi connectivity index (χ3v) is 15.9. The first-order valence-electron chi connectivity index (χ1n) is 27.6. The second kappa shape index (κ2) is 32.7. The molecule has 5 unspecified atom stereocenters. The van der Waals surface area contributed by atoms with Crippen molar-refractivity contribution in [2.45, 2.75) is 73.8 Å². The summed E-state index contributed by atoms with van der Waals surface area (Å²) in [6.07, 6.45) is -11.9. The van der Waals surface area contributed by atoms with E-state index in [1.807, 2.05) is 0 Å². The number of hydrogen-bond donors (Lipinski definition) is 10. The van der Waals surface area contributed by atoms with Gasteiger partial charge in [0.1, 0.15) is 98.6 Å². The van der Waals surface area contributed by atoms with Crippen molar-refractivity contribution in [1.29, 1.82) is 0 Å². The van der Waals surface area contributed by atoms with Crippen LogP contribution in [0.2, 0.25) is 0 Å². The van der Waals surface area contributed by atoms with E-state index < -0.39 is 131 Å². The number of anilines is 3. The lowest BCUT2D eigenvalue weighted by atomic mass is 10.1. The number of phosphoric acid groups is 3. The quantitative estimate of drug-likeness (QED) is 0.0104. The van der Waals surface area contributed by atoms with Gasteiger partial charge in [-0.3, -0.25) is 36.3 Å². The number of hydrogen-bond acceptors (Lipinski definition) is 36. The first-order valence-corrected chi connectivity index (χ1v) is 32.1. The SMILES string of the molecule is CO[C@H]1O[C@@H](n2cnc3c(N)ncnc32)C(OCOCCOCCN)[C@H]1OP(=O)(O)OC[C@H]1O[C@@H](n2cnc3c(N)ncnc32)C(OCOCCOCCN)[C@H]1OP(=O)(O)OC[C@H]1O[C@@H](n2cnc3c(N)ncnc32)C(OCOCCOCCN)[C@H]1OP(=O)(O)O. The Hall–Kier alpha value is -5.26. The van der Waals surface area contributed by atoms with Crippen molar-refractivity contribution in [3.63, 3.8) is 0 Å². The molecule has 46 heteroatoms. The molecule has 3 aliphatic heterocycles. The molecular weight excluding hydrogens is 1290 g/mol. The second-order valence-corrected chi connectivity index (χ2v) is 23.4. The minimum absolute atomic E-state index is 0.0159. The van der Waals surface area contributed by atoms with Crippen molar-refractivity contribution < 1.29 is 117 Å². The van der Waals surface area contributed by atoms with E-state index in [2.05, 4.69) is 44.9 Å². The highest BCUT2D eigenvalue weighted by Crippen LogP contribution is 2.54. The van der Waals surface area contributed by atoms with E-state index in [1.54, 1.807) is 0 Å². The third kappa shape index (κ3) is 18.0. The molecule has 0 aromatic carbocycles. The van der Waals surface area contributed by atoms with Crippen molar-refractivity contribution >= 4 is 74.4 Å². The minimum atomic E-state index is -5.63. The zero-order chi connectivity index (χ0) is 64.7. The molecule has 0 bridgehead atoms. The number of rotatable bonds is 40. The smallest absolute Gasteiger partial charge is 0.382 e. The van der Waals surface area contributed by atoms with Crippen LogP contribution in [0.25, 0.3) is 33.5 Å². The largest absolute Gasteiger partial charge is 0.472 e. The summed E-state index contributed by atoms with van der Waals surface area (Å²) in [5.74, 6) is -0.0648. The van der Waals surface area contributed by atoms with E-state index in [0.717, 1.165) is 12.7 Å². The van der Waals surface area contributed by atoms with Crippen LogP contribution >= 0.6 is 23.5 Å². The number of nitrogen functional groups attached to an aromatic ring is 3. The van der Waals surface area contributed by atoms with Gasteiger partial charge in [-0.25, -0.2) is 58.6 Å². The molecule has 3 saturated heterocycles. The lowest BCUT2D eigenvalue weighted by Crippen LogP contribution is -2.40. The Balaban J connectivity index is 0.997. The summed E-state index contributed by atoms with van der Waals surface area (Å²) in [7, 11) is -15.3. The molecule has 0 spiro atoms. The fraction of sp³-hybridized carbons (Fsp3) is 0.667. The summed E-state index contributed by atoms with van der Waals surface area (Å²) in [5, 5.41) is 0. The normalized spacial score (nSPS) is 26.0. The predicted octanol–water partition coefficient (Wildman–Crippen LogP) is -2.97. The van der Waals surface area contributed by atoms with Gasteiger partial charge in [-0.1, -0.05) is 0 Å². The number of aromatic nitrogens is 12. The topological polar surface area (TPSA) is 585 Å². The van der Waals surface area contributed by atoms with Gasteiger partial charge in [0.2, 0.25) is 0 Å². The molecule has 9 rings (SSSR count). The Labute approximate surface area is 515 Å². The van der Waals surface area contributed by atoms with Crippen LogP contribution in [0.1, 0.15) is 18.7 Å². The summed E-state index contributed by atoms with van der Waals surface area (Å²) >= 11 is 0. The number of nitrogens with two attached hydrogens (primary N) is 6. The van der Waals surface area contributed by atoms with Gasteiger partial charge < -0.3 is 116 Å². The number of imidazole rings is 3. The Bertz CT molecular complexity index is 3410. The molecule has 0 saturated carbocycles. The Morgan fingerprint density at radius 1 is 0.451 bits per heavy atom. The van der Waals surface area contributed by atoms with Gasteiger partial charge in [0.25, 0.3) is 0 Å². The van der Waals surface area contributed by atoms with Gasteiger partial charge in [0.05, 0.1) is 91.7 Å². The molecule has 0 aliphatic carbocycles. The molecule has 9 heterocycles. The molecule has 91 heavy (non-hydrogen) atoms. The lowest BCUT2D eigenvalue weighted by molar-refractivity contribution is -0.160. The van der Waals surface area contributed by atoms with Gasteiger partial charge in [0.15, 0.2) is 65.5 Å². The highest BCUT2D eigenvalue weighted by atomic mass is 31.2. The Kier molecular flexibility index (Phi) is 25.2. The number of fused-ring (bicyclic) bond motifs is 3. The van der Waals surface area contributed by atoms with E-state index in [-0.39, 0.29) is 130 Å². The van der Waals surface area contributed by atoms with Crippen LogP contribution < -0.4 is 34.4 Å². The molecule has 0 amide bonds. The van der Waals surface area contributed by atoms with Crippen molar-refractivity contribution in [3.05, 3.63) is 38.0 Å². The van der Waals surface area contributed by atoms with Crippen molar-refractivity contribution in [2.24, 2.45) is 17.2 Å². The zero-order valence-corrected chi connectivity index (χ0v) is 51.1. The van der Waals surface area contributed by atoms with Crippen LogP contribution in [-0.2, 0) is 97.9 Å². The van der Waals surface area contributed by atoms with E-state index >= 15 is 0 Å². The first-order chi connectivity index (χ1) is 43.9. The van der Waals surface area contributed by atoms with E-state index in [1.165, 1.54) is 46.1 Å². The molecule has 6 aromatic heterocycles. The van der Waals surface area contributed by atoms with Crippen LogP contribution in [-0.4, -0.2) is 253 Å². The molecule has 14 atom stereocenters. The second-order valence-electron chi connectivity index (χ2n) is 19.4. The third-order valence-electron chi connectivity index (χ3n) is 13.4. The van der Waals surface area contributed by atoms with Crippen molar-refractivity contribution in [3.8, 4) is 0 Å². The molecular formula is C45H71N18O25P3. The highest BCUT2D eigenvalue weighted by molar-refractivity contribution is 7.47. The summed E-state index contributed by atoms with van der Waals surface area (Å²) in [6.45, 7) is -1.94. The standard InChI is InChI=1S/C45H71N18O25P3/c1-71-45-35(34(80-24-77-13-10-74-7-4-48)44(85-45)63-21-60-29-38(51)54-18-57-41(29)63)88-91(69,70)82-15-26-31(33(79-23-76-12-9-73-6-3-47)43(84-26)62-20-59-28-37(50)53-17-56-40(28)62)87-90(67,68)81-14-25-30(86-89(64,65)66)32(78-22-75-11-8-72-5-2-46)42(83-25)61-19-58-27-36(49)52-16-55-39(27)61/h16-21,25-26,30-35,42-45H,2-15,22-24,46-48H2,1H3,(H,67,68)(H,69,70)(H2,49,52,55)(H2,50,53,56)(H2,51,54,57)(H2,64,65,66)/t25-,26-,30+,31+,32?,33?,34?,35-,42-,43-,44-,45+/m1/s1. The number of nitrogens with zero attached hydrogens (tertiary/aromatic N) is 12. The maximum Gasteiger partial charge on any atom is 0.472 e. The molecule has 3 aliphatic rings. The zero-order valence-electron chi connectivity index (χ0n) is 48.4. The van der Waals surface area contributed by atoms with Crippen LogP contribution in [0.5, 0.6) is 0 Å². The molecule has 43 nitrogen and oxygen atoms in total. The van der Waals surface area contributed by atoms with Crippen LogP contribution in [0.15, 0.2) is 38.0 Å². The summed E-state index contributed by atoms with van der Waals surface area (Å²) in [4.78, 5) is 81.7. The van der Waals surface area contributed by atoms with E-state index in [0.29, 0.717) is 0 Å². The van der Waals surface area contributed by atoms with E-state index in [9.17, 15) is 33.3 Å². The fourth-order valence-corrected chi connectivity index (χ4v) is 12.0. The predicted molar refractivity (Wildman–Crippen MR) is 303 cm³/mol. The first kappa shape index (κ1) is 70.1. The maximum absolute atomic E-state index is 14.7. The Morgan fingerprint density at radius 2 is 0.791 bits per heavy atom. The van der Waals surface area contributed by atoms with Gasteiger partial charge in [-0.15, -0.1) is 0 Å². The summed E-state index contributed by atoms with van der Waals surface area (Å²) in [6, 6.07) is 0. The number of phosphoric ester groups is 3. The highest BCUT2D eigenvalue weighted by Gasteiger charge is 2.56. The molecule has 16 N–H and O–H groups in total. The van der Waals surface area contributed by atoms with E-state index in [4.69, 9.17) is 119 Å². The molecule has 506 valence electrons. The number of methoxy groups -OCH3 is 1. The number of ether oxygens (including phenoxy) is 13. The minimum Gasteiger partial charge on any atom is -0.382 e. The summed E-state index contributed by atoms with van der Waals surface area (Å²) in [5.41, 5.74) is 35.5. The Morgan fingerprint density at radius 3 is 1.15 bits per heavy atom. The molecule has 3 fully saturated rings. The lowest BCUT2D eigenvalue weighted by Gasteiger charge is -2.28. The van der Waals surface area contributed by atoms with Crippen LogP contribution in [0, 0.1) is 0 Å². The molecule has 0 radical (unpaired) electrons. The van der Waals surface area contributed by atoms with Gasteiger partial charge in [-0.2, -0.15) is 0 Å². The average Bonchev–Trinajstić information content (AvgIpc) is 1.63.